The van der Waals surface area contributed by atoms with Crippen molar-refractivity contribution in [2.75, 3.05) is 5.75 Å². The zero-order valence-electron chi connectivity index (χ0n) is 7.95. The van der Waals surface area contributed by atoms with E-state index in [1.54, 1.807) is 11.8 Å². The van der Waals surface area contributed by atoms with E-state index in [-0.39, 0.29) is 6.42 Å². The number of rotatable bonds is 5. The van der Waals surface area contributed by atoms with Crippen LogP contribution in [0.2, 0.25) is 0 Å². The van der Waals surface area contributed by atoms with E-state index in [0.717, 1.165) is 27.1 Å². The summed E-state index contributed by atoms with van der Waals surface area (Å²) >= 11 is 3.11. The molecule has 1 rings (SSSR count). The highest BCUT2D eigenvalue weighted by atomic mass is 32.2. The van der Waals surface area contributed by atoms with Crippen molar-refractivity contribution in [1.82, 2.24) is 4.98 Å². The van der Waals surface area contributed by atoms with Crippen molar-refractivity contribution in [3.8, 4) is 0 Å². The first kappa shape index (κ1) is 11.5. The maximum absolute atomic E-state index is 10.5. The SMILES string of the molecule is [CH2]CCSc1nc(C)c(CC(=O)O)s1. The van der Waals surface area contributed by atoms with Crippen LogP contribution in [0.25, 0.3) is 0 Å². The van der Waals surface area contributed by atoms with Crippen LogP contribution in [-0.4, -0.2) is 21.8 Å². The Morgan fingerprint density at radius 1 is 1.71 bits per heavy atom. The van der Waals surface area contributed by atoms with E-state index in [1.807, 2.05) is 6.92 Å². The Morgan fingerprint density at radius 3 is 3.00 bits per heavy atom. The summed E-state index contributed by atoms with van der Waals surface area (Å²) in [7, 11) is 0. The molecule has 77 valence electrons. The molecule has 0 saturated heterocycles. The molecule has 1 aromatic rings. The first-order valence-electron chi connectivity index (χ1n) is 4.23. The molecule has 1 heterocycles. The largest absolute Gasteiger partial charge is 0.481 e. The van der Waals surface area contributed by atoms with Crippen LogP contribution in [-0.2, 0) is 11.2 Å². The number of carbonyl (C=O) groups is 1. The smallest absolute Gasteiger partial charge is 0.308 e. The molecule has 0 unspecified atom stereocenters. The summed E-state index contributed by atoms with van der Waals surface area (Å²) in [4.78, 5) is 15.6. The van der Waals surface area contributed by atoms with Crippen molar-refractivity contribution in [2.45, 2.75) is 24.1 Å². The van der Waals surface area contributed by atoms with Crippen LogP contribution in [0.4, 0.5) is 0 Å². The van der Waals surface area contributed by atoms with Crippen molar-refractivity contribution in [3.05, 3.63) is 17.5 Å². The molecule has 0 fully saturated rings. The molecule has 0 saturated carbocycles. The van der Waals surface area contributed by atoms with Crippen LogP contribution in [0, 0.1) is 13.8 Å². The lowest BCUT2D eigenvalue weighted by Gasteiger charge is -1.90. The average Bonchev–Trinajstić information content (AvgIpc) is 2.43. The predicted molar refractivity (Wildman–Crippen MR) is 58.9 cm³/mol. The Hall–Kier alpha value is -0.550. The number of aliphatic carboxylic acids is 1. The lowest BCUT2D eigenvalue weighted by Crippen LogP contribution is -1.99. The second-order valence-corrected chi connectivity index (χ2v) is 5.19. The minimum atomic E-state index is -0.801. The topological polar surface area (TPSA) is 50.2 Å². The van der Waals surface area contributed by atoms with Gasteiger partial charge in [-0.15, -0.1) is 11.3 Å². The number of thioether (sulfide) groups is 1. The first-order valence-corrected chi connectivity index (χ1v) is 6.04. The number of hydrogen-bond donors (Lipinski definition) is 1. The summed E-state index contributed by atoms with van der Waals surface area (Å²) in [5.74, 6) is 0.130. The Morgan fingerprint density at radius 2 is 2.43 bits per heavy atom. The van der Waals surface area contributed by atoms with Gasteiger partial charge >= 0.3 is 5.97 Å². The van der Waals surface area contributed by atoms with E-state index in [0.29, 0.717) is 0 Å². The summed E-state index contributed by atoms with van der Waals surface area (Å²) in [6, 6.07) is 0. The van der Waals surface area contributed by atoms with Crippen molar-refractivity contribution in [1.29, 1.82) is 0 Å². The average molecular weight is 230 g/mol. The van der Waals surface area contributed by atoms with E-state index in [1.165, 1.54) is 11.3 Å². The maximum atomic E-state index is 10.5. The fourth-order valence-electron chi connectivity index (χ4n) is 0.924. The highest BCUT2D eigenvalue weighted by Crippen LogP contribution is 2.27. The standard InChI is InChI=1S/C9H12NO2S2/c1-3-4-13-9-10-6(2)7(14-9)5-8(11)12/h1,3-5H2,2H3,(H,11,12). The molecule has 0 atom stereocenters. The summed E-state index contributed by atoms with van der Waals surface area (Å²) in [6.45, 7) is 5.59. The normalized spacial score (nSPS) is 10.4. The monoisotopic (exact) mass is 230 g/mol. The number of aryl methyl sites for hydroxylation is 1. The number of carboxylic acids is 1. The fourth-order valence-corrected chi connectivity index (χ4v) is 3.01. The molecular formula is C9H12NO2S2. The molecule has 1 N–H and O–H groups in total. The van der Waals surface area contributed by atoms with Crippen molar-refractivity contribution in [3.63, 3.8) is 0 Å². The molecule has 0 aliphatic carbocycles. The van der Waals surface area contributed by atoms with Crippen molar-refractivity contribution in [2.24, 2.45) is 0 Å². The number of aromatic nitrogens is 1. The summed E-state index contributed by atoms with van der Waals surface area (Å²) < 4.78 is 0.947. The lowest BCUT2D eigenvalue weighted by atomic mass is 10.3. The van der Waals surface area contributed by atoms with Crippen LogP contribution >= 0.6 is 23.1 Å². The summed E-state index contributed by atoms with van der Waals surface area (Å²) in [5, 5.41) is 8.64. The summed E-state index contributed by atoms with van der Waals surface area (Å²) in [5.41, 5.74) is 0.837. The highest BCUT2D eigenvalue weighted by molar-refractivity contribution is 8.01. The van der Waals surface area contributed by atoms with Gasteiger partial charge in [-0.05, 0) is 13.3 Å². The van der Waals surface area contributed by atoms with Gasteiger partial charge in [-0.3, -0.25) is 4.79 Å². The van der Waals surface area contributed by atoms with Gasteiger partial charge in [0.1, 0.15) is 4.34 Å². The van der Waals surface area contributed by atoms with Crippen LogP contribution in [0.3, 0.4) is 0 Å². The second kappa shape index (κ2) is 5.36. The van der Waals surface area contributed by atoms with Gasteiger partial charge in [-0.2, -0.15) is 0 Å². The Kier molecular flexibility index (Phi) is 4.41. The Balaban J connectivity index is 2.66. The Labute approximate surface area is 91.6 Å². The number of carboxylic acid groups (broad SMARTS) is 1. The third kappa shape index (κ3) is 3.31. The minimum Gasteiger partial charge on any atom is -0.481 e. The lowest BCUT2D eigenvalue weighted by molar-refractivity contribution is -0.136. The molecule has 14 heavy (non-hydrogen) atoms. The van der Waals surface area contributed by atoms with Gasteiger partial charge in [-0.25, -0.2) is 4.98 Å². The van der Waals surface area contributed by atoms with E-state index >= 15 is 0 Å². The molecule has 0 aliphatic heterocycles. The molecule has 5 heteroatoms. The van der Waals surface area contributed by atoms with E-state index < -0.39 is 5.97 Å². The molecule has 3 nitrogen and oxygen atoms in total. The Bertz CT molecular complexity index is 323. The zero-order valence-corrected chi connectivity index (χ0v) is 9.58. The molecule has 0 spiro atoms. The number of nitrogens with zero attached hydrogens (tertiary/aromatic N) is 1. The molecule has 0 bridgehead atoms. The minimum absolute atomic E-state index is 0.0778. The van der Waals surface area contributed by atoms with E-state index in [2.05, 4.69) is 11.9 Å². The molecule has 1 aromatic heterocycles. The van der Waals surface area contributed by atoms with Gasteiger partial charge in [0.25, 0.3) is 0 Å². The molecular weight excluding hydrogens is 218 g/mol. The van der Waals surface area contributed by atoms with E-state index in [9.17, 15) is 4.79 Å². The van der Waals surface area contributed by atoms with Gasteiger partial charge in [0.15, 0.2) is 0 Å². The fraction of sp³-hybridized carbons (Fsp3) is 0.444. The van der Waals surface area contributed by atoms with Gasteiger partial charge in [0.05, 0.1) is 12.1 Å². The number of hydrogen-bond acceptors (Lipinski definition) is 4. The molecule has 1 radical (unpaired) electrons. The van der Waals surface area contributed by atoms with Crippen LogP contribution in [0.5, 0.6) is 0 Å². The van der Waals surface area contributed by atoms with Crippen LogP contribution in [0.1, 0.15) is 17.0 Å². The van der Waals surface area contributed by atoms with Gasteiger partial charge in [-0.1, -0.05) is 18.7 Å². The molecule has 0 aliphatic rings. The highest BCUT2D eigenvalue weighted by Gasteiger charge is 2.10. The van der Waals surface area contributed by atoms with Crippen molar-refractivity contribution < 1.29 is 9.90 Å². The number of thiazole rings is 1. The molecule has 0 amide bonds. The predicted octanol–water partition coefficient (Wildman–Crippen LogP) is 2.39. The second-order valence-electron chi connectivity index (χ2n) is 2.76. The first-order chi connectivity index (χ1) is 6.63. The van der Waals surface area contributed by atoms with Crippen molar-refractivity contribution >= 4 is 29.1 Å². The van der Waals surface area contributed by atoms with Gasteiger partial charge in [0.2, 0.25) is 0 Å². The van der Waals surface area contributed by atoms with Gasteiger partial charge < -0.3 is 5.11 Å². The van der Waals surface area contributed by atoms with Crippen LogP contribution < -0.4 is 0 Å². The zero-order chi connectivity index (χ0) is 10.6. The third-order valence-electron chi connectivity index (χ3n) is 1.55. The van der Waals surface area contributed by atoms with E-state index in [4.69, 9.17) is 5.11 Å². The van der Waals surface area contributed by atoms with Gasteiger partial charge in [0, 0.05) is 10.6 Å². The third-order valence-corrected chi connectivity index (χ3v) is 3.94. The van der Waals surface area contributed by atoms with Crippen LogP contribution in [0.15, 0.2) is 4.34 Å². The quantitative estimate of drug-likeness (QED) is 0.789. The molecule has 0 aromatic carbocycles. The maximum Gasteiger partial charge on any atom is 0.308 e. The summed E-state index contributed by atoms with van der Waals surface area (Å²) in [6.07, 6.45) is 0.937.